The van der Waals surface area contributed by atoms with E-state index in [-0.39, 0.29) is 32.2 Å². The Kier molecular flexibility index (Phi) is 45.1. The molecule has 0 heterocycles. The molecule has 0 aliphatic heterocycles. The molecule has 372 valence electrons. The van der Waals surface area contributed by atoms with Crippen molar-refractivity contribution >= 4 is 17.9 Å². The Hall–Kier alpha value is -1.97. The van der Waals surface area contributed by atoms with Gasteiger partial charge in [0.1, 0.15) is 13.2 Å². The van der Waals surface area contributed by atoms with Gasteiger partial charge < -0.3 is 28.5 Å². The van der Waals surface area contributed by atoms with Crippen molar-refractivity contribution in [3.8, 4) is 0 Å². The van der Waals surface area contributed by atoms with Crippen LogP contribution in [0.2, 0.25) is 0 Å². The number of nitrogens with zero attached hydrogens (tertiary/aromatic N) is 1. The predicted octanol–water partition coefficient (Wildman–Crippen LogP) is 15.0. The monoisotopic (exact) mass is 895 g/mol. The van der Waals surface area contributed by atoms with E-state index in [0.29, 0.717) is 23.9 Å². The molecule has 9 heteroatoms. The zero-order valence-electron chi connectivity index (χ0n) is 42.3. The number of esters is 2. The van der Waals surface area contributed by atoms with E-state index in [0.717, 1.165) is 51.4 Å². The number of carboxylic acid groups (broad SMARTS) is 1. The molecular weight excluding hydrogens is 791 g/mol. The number of unbranched alkanes of at least 4 members (excludes halogenated alkanes) is 33. The summed E-state index contributed by atoms with van der Waals surface area (Å²) in [6.45, 7) is 4.90. The van der Waals surface area contributed by atoms with Crippen molar-refractivity contribution in [3.05, 3.63) is 12.2 Å². The fraction of sp³-hybridized carbons (Fsp3) is 0.907. The normalized spacial score (nSPS) is 12.8. The molecule has 63 heavy (non-hydrogen) atoms. The van der Waals surface area contributed by atoms with E-state index < -0.39 is 24.3 Å². The molecule has 0 radical (unpaired) electrons. The second-order valence-corrected chi connectivity index (χ2v) is 19.5. The highest BCUT2D eigenvalue weighted by atomic mass is 16.7. The van der Waals surface area contributed by atoms with Crippen LogP contribution in [0.4, 0.5) is 0 Å². The third kappa shape index (κ3) is 47.8. The highest BCUT2D eigenvalue weighted by Crippen LogP contribution is 2.17. The summed E-state index contributed by atoms with van der Waals surface area (Å²) in [4.78, 5) is 37.3. The van der Waals surface area contributed by atoms with Gasteiger partial charge in [0.25, 0.3) is 6.29 Å². The number of hydrogen-bond donors (Lipinski definition) is 1. The van der Waals surface area contributed by atoms with Crippen LogP contribution >= 0.6 is 0 Å². The maximum Gasteiger partial charge on any atom is 0.361 e. The molecule has 0 fully saturated rings. The summed E-state index contributed by atoms with van der Waals surface area (Å²) in [6, 6.07) is 0. The van der Waals surface area contributed by atoms with Crippen LogP contribution in [0.3, 0.4) is 0 Å². The van der Waals surface area contributed by atoms with E-state index in [9.17, 15) is 19.5 Å². The minimum atomic E-state index is -1.51. The number of carbonyl (C=O) groups is 3. The Morgan fingerprint density at radius 1 is 0.460 bits per heavy atom. The average Bonchev–Trinajstić information content (AvgIpc) is 3.24. The van der Waals surface area contributed by atoms with Crippen molar-refractivity contribution in [2.75, 3.05) is 47.5 Å². The third-order valence-electron chi connectivity index (χ3n) is 12.0. The second kappa shape index (κ2) is 46.6. The fourth-order valence-electron chi connectivity index (χ4n) is 7.83. The molecule has 2 atom stereocenters. The van der Waals surface area contributed by atoms with Crippen molar-refractivity contribution in [2.45, 2.75) is 270 Å². The summed E-state index contributed by atoms with van der Waals surface area (Å²) in [7, 11) is 5.97. The van der Waals surface area contributed by atoms with Gasteiger partial charge in [-0.15, -0.1) is 0 Å². The SMILES string of the molecule is CCCCCCCC/C=C\CCCCCCCC(=O)OC(COC(=O)CCCCCCCCCCCCCCCCCCCCCCCCC)COC(OCC[N+](C)(C)C)C(=O)O. The molecule has 0 saturated carbocycles. The van der Waals surface area contributed by atoms with E-state index in [1.54, 1.807) is 0 Å². The lowest BCUT2D eigenvalue weighted by molar-refractivity contribution is -0.870. The first-order valence-electron chi connectivity index (χ1n) is 26.9. The van der Waals surface area contributed by atoms with E-state index in [1.165, 1.54) is 173 Å². The molecule has 2 unspecified atom stereocenters. The van der Waals surface area contributed by atoms with E-state index >= 15 is 0 Å². The summed E-state index contributed by atoms with van der Waals surface area (Å²) in [5.74, 6) is -2.00. The highest BCUT2D eigenvalue weighted by molar-refractivity contribution is 5.71. The van der Waals surface area contributed by atoms with Crippen LogP contribution in [-0.2, 0) is 33.3 Å². The van der Waals surface area contributed by atoms with Crippen molar-refractivity contribution < 1.29 is 42.9 Å². The molecule has 0 spiro atoms. The molecule has 9 nitrogen and oxygen atoms in total. The largest absolute Gasteiger partial charge is 0.477 e. The molecule has 1 N–H and O–H groups in total. The number of carboxylic acids is 1. The van der Waals surface area contributed by atoms with E-state index in [1.807, 2.05) is 21.1 Å². The first-order chi connectivity index (χ1) is 30.6. The van der Waals surface area contributed by atoms with Crippen LogP contribution in [0.25, 0.3) is 0 Å². The van der Waals surface area contributed by atoms with Gasteiger partial charge in [-0.2, -0.15) is 0 Å². The Balaban J connectivity index is 4.23. The van der Waals surface area contributed by atoms with E-state index in [4.69, 9.17) is 18.9 Å². The number of likely N-dealkylation sites (N-methyl/N-ethyl adjacent to an activating group) is 1. The van der Waals surface area contributed by atoms with Crippen LogP contribution in [0, 0.1) is 0 Å². The van der Waals surface area contributed by atoms with Gasteiger partial charge >= 0.3 is 17.9 Å². The Labute approximate surface area is 389 Å². The first-order valence-corrected chi connectivity index (χ1v) is 26.9. The number of aliphatic carboxylic acids is 1. The molecule has 0 rings (SSSR count). The Morgan fingerprint density at radius 2 is 0.810 bits per heavy atom. The van der Waals surface area contributed by atoms with Crippen LogP contribution in [0.5, 0.6) is 0 Å². The Morgan fingerprint density at radius 3 is 1.17 bits per heavy atom. The lowest BCUT2D eigenvalue weighted by atomic mass is 10.0. The quantitative estimate of drug-likeness (QED) is 0.0211. The predicted molar refractivity (Wildman–Crippen MR) is 263 cm³/mol. The van der Waals surface area contributed by atoms with E-state index in [2.05, 4.69) is 26.0 Å². The van der Waals surface area contributed by atoms with Gasteiger partial charge in [0.15, 0.2) is 6.10 Å². The molecule has 0 aromatic heterocycles. The summed E-state index contributed by atoms with van der Waals surface area (Å²) in [5.41, 5.74) is 0. The molecule has 0 aliphatic carbocycles. The van der Waals surface area contributed by atoms with Gasteiger partial charge in [0.05, 0.1) is 34.4 Å². The summed E-state index contributed by atoms with van der Waals surface area (Å²) in [6.07, 6.45) is 48.5. The smallest absolute Gasteiger partial charge is 0.361 e. The number of allylic oxidation sites excluding steroid dienone is 2. The topological polar surface area (TPSA) is 108 Å². The number of rotatable bonds is 50. The van der Waals surface area contributed by atoms with Crippen molar-refractivity contribution in [3.63, 3.8) is 0 Å². The molecule has 0 amide bonds. The molecule has 0 aromatic carbocycles. The molecule has 0 aromatic rings. The maximum atomic E-state index is 12.8. The van der Waals surface area contributed by atoms with Gasteiger partial charge in [-0.1, -0.05) is 219 Å². The number of quaternary nitrogens is 1. The number of hydrogen-bond acceptors (Lipinski definition) is 7. The standard InChI is InChI=1S/C54H103NO8/c1-6-8-10-12-14-16-18-20-22-23-24-25-26-27-28-29-31-32-34-36-38-40-42-44-51(56)61-48-50(49-62-54(53(58)59)60-47-46-55(3,4)5)63-52(57)45-43-41-39-37-35-33-30-21-19-17-15-13-11-9-7-2/h21,30,50,54H,6-20,22-29,31-49H2,1-5H3/p+1/b30-21-. The zero-order valence-corrected chi connectivity index (χ0v) is 42.3. The van der Waals surface area contributed by atoms with Gasteiger partial charge in [-0.25, -0.2) is 4.79 Å². The molecule has 0 saturated heterocycles. The van der Waals surface area contributed by atoms with Crippen LogP contribution in [0.1, 0.15) is 258 Å². The third-order valence-corrected chi connectivity index (χ3v) is 12.0. The zero-order chi connectivity index (χ0) is 46.3. The molecule has 0 aliphatic rings. The summed E-state index contributed by atoms with van der Waals surface area (Å²) in [5, 5.41) is 9.67. The first kappa shape index (κ1) is 61.0. The van der Waals surface area contributed by atoms with Gasteiger partial charge in [-0.05, 0) is 38.5 Å². The van der Waals surface area contributed by atoms with Crippen LogP contribution < -0.4 is 0 Å². The van der Waals surface area contributed by atoms with Gasteiger partial charge in [0, 0.05) is 12.8 Å². The number of ether oxygens (including phenoxy) is 4. The fourth-order valence-corrected chi connectivity index (χ4v) is 7.83. The van der Waals surface area contributed by atoms with Crippen LogP contribution in [0.15, 0.2) is 12.2 Å². The maximum absolute atomic E-state index is 12.8. The number of carbonyl (C=O) groups excluding carboxylic acids is 2. The molecular formula is C54H104NO8+. The second-order valence-electron chi connectivity index (χ2n) is 19.5. The lowest BCUT2D eigenvalue weighted by Crippen LogP contribution is -2.40. The highest BCUT2D eigenvalue weighted by Gasteiger charge is 2.25. The van der Waals surface area contributed by atoms with Crippen LogP contribution in [-0.4, -0.2) is 87.4 Å². The van der Waals surface area contributed by atoms with Crippen molar-refractivity contribution in [1.29, 1.82) is 0 Å². The van der Waals surface area contributed by atoms with Crippen molar-refractivity contribution in [1.82, 2.24) is 0 Å². The minimum absolute atomic E-state index is 0.179. The molecule has 0 bridgehead atoms. The Bertz CT molecular complexity index is 1040. The summed E-state index contributed by atoms with van der Waals surface area (Å²) >= 11 is 0. The lowest BCUT2D eigenvalue weighted by Gasteiger charge is -2.25. The van der Waals surface area contributed by atoms with Crippen molar-refractivity contribution in [2.24, 2.45) is 0 Å². The van der Waals surface area contributed by atoms with Gasteiger partial charge in [0.2, 0.25) is 0 Å². The minimum Gasteiger partial charge on any atom is -0.477 e. The van der Waals surface area contributed by atoms with Gasteiger partial charge in [-0.3, -0.25) is 9.59 Å². The summed E-state index contributed by atoms with van der Waals surface area (Å²) < 4.78 is 22.8. The average molecular weight is 895 g/mol.